The molecule has 2 aromatic carbocycles. The van der Waals surface area contributed by atoms with E-state index in [1.807, 2.05) is 18.2 Å². The fourth-order valence-electron chi connectivity index (χ4n) is 3.65. The summed E-state index contributed by atoms with van der Waals surface area (Å²) in [6, 6.07) is 14.8. The molecule has 1 saturated heterocycles. The van der Waals surface area contributed by atoms with Gasteiger partial charge in [-0.15, -0.1) is 0 Å². The van der Waals surface area contributed by atoms with E-state index < -0.39 is 0 Å². The Labute approximate surface area is 177 Å². The highest BCUT2D eigenvalue weighted by molar-refractivity contribution is 7.80. The van der Waals surface area contributed by atoms with Crippen LogP contribution >= 0.6 is 12.2 Å². The molecular formula is C22H28N3O3S+. The maximum atomic E-state index is 5.61. The SMILES string of the molecule is Cc1ccc([C@@H](C[NH+]2CCOCC2)NC(=S)NCc2ccc3c(c2)OCO3)cc1. The summed E-state index contributed by atoms with van der Waals surface area (Å²) in [5, 5.41) is 7.51. The van der Waals surface area contributed by atoms with Gasteiger partial charge in [0.1, 0.15) is 25.7 Å². The predicted molar refractivity (Wildman–Crippen MR) is 115 cm³/mol. The van der Waals surface area contributed by atoms with E-state index in [4.69, 9.17) is 26.4 Å². The number of aryl methyl sites for hydroxylation is 1. The number of ether oxygens (including phenoxy) is 3. The lowest BCUT2D eigenvalue weighted by Crippen LogP contribution is -3.14. The van der Waals surface area contributed by atoms with Gasteiger partial charge in [0, 0.05) is 6.54 Å². The molecule has 0 spiro atoms. The first-order valence-corrected chi connectivity index (χ1v) is 10.5. The van der Waals surface area contributed by atoms with Crippen LogP contribution in [0.1, 0.15) is 22.7 Å². The third-order valence-corrected chi connectivity index (χ3v) is 5.63. The van der Waals surface area contributed by atoms with Crippen LogP contribution < -0.4 is 25.0 Å². The number of hydrogen-bond donors (Lipinski definition) is 3. The van der Waals surface area contributed by atoms with Gasteiger partial charge >= 0.3 is 0 Å². The fraction of sp³-hybridized carbons (Fsp3) is 0.409. The number of rotatable bonds is 6. The molecule has 0 saturated carbocycles. The van der Waals surface area contributed by atoms with Gasteiger partial charge in [0.15, 0.2) is 16.6 Å². The molecule has 29 heavy (non-hydrogen) atoms. The number of morpholine rings is 1. The second-order valence-corrected chi connectivity index (χ2v) is 7.95. The highest BCUT2D eigenvalue weighted by Gasteiger charge is 2.22. The van der Waals surface area contributed by atoms with Crippen LogP contribution in [-0.2, 0) is 11.3 Å². The summed E-state index contributed by atoms with van der Waals surface area (Å²) in [7, 11) is 0. The number of nitrogens with one attached hydrogen (secondary N) is 3. The van der Waals surface area contributed by atoms with E-state index in [1.165, 1.54) is 16.0 Å². The van der Waals surface area contributed by atoms with Crippen molar-refractivity contribution in [3.63, 3.8) is 0 Å². The lowest BCUT2D eigenvalue weighted by atomic mass is 10.0. The van der Waals surface area contributed by atoms with E-state index in [0.717, 1.165) is 49.9 Å². The molecule has 0 radical (unpaired) electrons. The standard InChI is InChI=1S/C22H27N3O3S/c1-16-2-5-18(6-3-16)19(14-25-8-10-26-11-9-25)24-22(29)23-13-17-4-7-20-21(12-17)28-15-27-20/h2-7,12,19H,8-11,13-15H2,1H3,(H2,23,24,29)/p+1/t19-/m1/s1. The molecule has 0 unspecified atom stereocenters. The third-order valence-electron chi connectivity index (χ3n) is 5.37. The lowest BCUT2D eigenvalue weighted by Gasteiger charge is -2.29. The van der Waals surface area contributed by atoms with Crippen LogP contribution in [0.5, 0.6) is 11.5 Å². The average molecular weight is 415 g/mol. The highest BCUT2D eigenvalue weighted by Crippen LogP contribution is 2.32. The Hall–Kier alpha value is -2.35. The first kappa shape index (κ1) is 19.9. The molecule has 7 heteroatoms. The smallest absolute Gasteiger partial charge is 0.231 e. The molecule has 4 rings (SSSR count). The van der Waals surface area contributed by atoms with Gasteiger partial charge in [-0.25, -0.2) is 0 Å². The van der Waals surface area contributed by atoms with Gasteiger partial charge in [-0.3, -0.25) is 0 Å². The van der Waals surface area contributed by atoms with Crippen LogP contribution in [-0.4, -0.2) is 44.8 Å². The minimum Gasteiger partial charge on any atom is -0.454 e. The quantitative estimate of drug-likeness (QED) is 0.621. The Morgan fingerprint density at radius 2 is 1.83 bits per heavy atom. The summed E-state index contributed by atoms with van der Waals surface area (Å²) >= 11 is 5.61. The van der Waals surface area contributed by atoms with E-state index in [-0.39, 0.29) is 12.8 Å². The molecular weight excluding hydrogens is 386 g/mol. The average Bonchev–Trinajstić information content (AvgIpc) is 3.21. The summed E-state index contributed by atoms with van der Waals surface area (Å²) in [4.78, 5) is 1.54. The van der Waals surface area contributed by atoms with Crippen molar-refractivity contribution in [3.05, 3.63) is 59.2 Å². The maximum Gasteiger partial charge on any atom is 0.231 e. The molecule has 2 heterocycles. The summed E-state index contributed by atoms with van der Waals surface area (Å²) in [5.74, 6) is 1.58. The first-order valence-electron chi connectivity index (χ1n) is 10.1. The van der Waals surface area contributed by atoms with Crippen molar-refractivity contribution in [2.75, 3.05) is 39.6 Å². The molecule has 2 aliphatic rings. The molecule has 0 aromatic heterocycles. The van der Waals surface area contributed by atoms with Crippen LogP contribution in [0.3, 0.4) is 0 Å². The third kappa shape index (κ3) is 5.38. The predicted octanol–water partition coefficient (Wildman–Crippen LogP) is 1.34. The molecule has 154 valence electrons. The van der Waals surface area contributed by atoms with Crippen LogP contribution in [0.2, 0.25) is 0 Å². The van der Waals surface area contributed by atoms with E-state index in [1.54, 1.807) is 0 Å². The van der Waals surface area contributed by atoms with Crippen molar-refractivity contribution in [1.82, 2.24) is 10.6 Å². The molecule has 1 atom stereocenters. The topological polar surface area (TPSA) is 56.2 Å². The largest absolute Gasteiger partial charge is 0.454 e. The van der Waals surface area contributed by atoms with Gasteiger partial charge < -0.3 is 29.7 Å². The van der Waals surface area contributed by atoms with E-state index in [0.29, 0.717) is 11.7 Å². The fourth-order valence-corrected chi connectivity index (χ4v) is 3.86. The van der Waals surface area contributed by atoms with Crippen LogP contribution in [0.4, 0.5) is 0 Å². The summed E-state index contributed by atoms with van der Waals surface area (Å²) in [6.07, 6.45) is 0. The molecule has 0 aliphatic carbocycles. The Kier molecular flexibility index (Phi) is 6.49. The molecule has 6 nitrogen and oxygen atoms in total. The normalized spacial score (nSPS) is 17.0. The van der Waals surface area contributed by atoms with Crippen molar-refractivity contribution in [2.24, 2.45) is 0 Å². The van der Waals surface area contributed by atoms with Gasteiger partial charge in [0.25, 0.3) is 0 Å². The van der Waals surface area contributed by atoms with Crippen LogP contribution in [0, 0.1) is 6.92 Å². The molecule has 2 aromatic rings. The van der Waals surface area contributed by atoms with Gasteiger partial charge in [-0.2, -0.15) is 0 Å². The number of benzene rings is 2. The van der Waals surface area contributed by atoms with Crippen molar-refractivity contribution in [2.45, 2.75) is 19.5 Å². The number of hydrogen-bond acceptors (Lipinski definition) is 4. The van der Waals surface area contributed by atoms with Crippen molar-refractivity contribution < 1.29 is 19.1 Å². The summed E-state index contributed by atoms with van der Waals surface area (Å²) in [6.45, 7) is 7.70. The molecule has 0 amide bonds. The maximum absolute atomic E-state index is 5.61. The van der Waals surface area contributed by atoms with Crippen molar-refractivity contribution in [3.8, 4) is 11.5 Å². The second kappa shape index (κ2) is 9.43. The summed E-state index contributed by atoms with van der Waals surface area (Å²) in [5.41, 5.74) is 3.61. The van der Waals surface area contributed by atoms with Crippen molar-refractivity contribution in [1.29, 1.82) is 0 Å². The Balaban J connectivity index is 1.37. The van der Waals surface area contributed by atoms with Gasteiger partial charge in [-0.1, -0.05) is 35.9 Å². The van der Waals surface area contributed by atoms with Crippen LogP contribution in [0.25, 0.3) is 0 Å². The highest BCUT2D eigenvalue weighted by atomic mass is 32.1. The summed E-state index contributed by atoms with van der Waals surface area (Å²) < 4.78 is 16.3. The Morgan fingerprint density at radius 3 is 2.62 bits per heavy atom. The zero-order valence-electron chi connectivity index (χ0n) is 16.7. The minimum absolute atomic E-state index is 0.153. The Morgan fingerprint density at radius 1 is 1.07 bits per heavy atom. The van der Waals surface area contributed by atoms with Crippen LogP contribution in [0.15, 0.2) is 42.5 Å². The van der Waals surface area contributed by atoms with Crippen molar-refractivity contribution >= 4 is 17.3 Å². The second-order valence-electron chi connectivity index (χ2n) is 7.54. The lowest BCUT2D eigenvalue weighted by molar-refractivity contribution is -0.909. The number of thiocarbonyl (C=S) groups is 1. The minimum atomic E-state index is 0.153. The first-order chi connectivity index (χ1) is 14.2. The van der Waals surface area contributed by atoms with Gasteiger partial charge in [0.2, 0.25) is 6.79 Å². The van der Waals surface area contributed by atoms with E-state index in [2.05, 4.69) is 41.8 Å². The number of fused-ring (bicyclic) bond motifs is 1. The Bertz CT molecular complexity index is 838. The molecule has 1 fully saturated rings. The number of quaternary nitrogens is 1. The van der Waals surface area contributed by atoms with E-state index >= 15 is 0 Å². The zero-order chi connectivity index (χ0) is 20.1. The van der Waals surface area contributed by atoms with Gasteiger partial charge in [-0.05, 0) is 42.4 Å². The van der Waals surface area contributed by atoms with E-state index in [9.17, 15) is 0 Å². The van der Waals surface area contributed by atoms with Gasteiger partial charge in [0.05, 0.1) is 13.2 Å². The molecule has 3 N–H and O–H groups in total. The molecule has 2 aliphatic heterocycles. The monoisotopic (exact) mass is 414 g/mol. The molecule has 0 bridgehead atoms. The zero-order valence-corrected chi connectivity index (χ0v) is 17.5.